The standard InChI is InChI=1S/C66H45N3Si/c1-5-19-46(20-6-1)47-33-41-64-59(43-47)56-28-14-17-31-62(56)68(64)49-37-42-65-60(44-49)57-29-15-18-32-63(57)69(65)50-36-40-58-55-27-13-16-30-61(55)67(66(58)45-50)48-34-38-54(39-35-48)70(51-21-7-2-8-22-51,52-23-9-3-10-24-52)53-25-11-4-12-26-53/h1-45H. The summed E-state index contributed by atoms with van der Waals surface area (Å²) in [5.74, 6) is 0. The third-order valence-corrected chi connectivity index (χ3v) is 19.6. The van der Waals surface area contributed by atoms with Crippen molar-refractivity contribution in [2.45, 2.75) is 0 Å². The molecule has 0 aliphatic heterocycles. The van der Waals surface area contributed by atoms with E-state index in [2.05, 4.69) is 287 Å². The molecule has 70 heavy (non-hydrogen) atoms. The van der Waals surface area contributed by atoms with Gasteiger partial charge in [-0.2, -0.15) is 0 Å². The first kappa shape index (κ1) is 40.1. The highest BCUT2D eigenvalue weighted by atomic mass is 28.3. The SMILES string of the molecule is c1ccc(-c2ccc3c(c2)c2ccccc2n3-c2ccc3c(c2)c2ccccc2n3-c2ccc3c4ccccc4n(-c4ccc([Si](c5ccccc5)(c5ccccc5)c5ccccc5)cc4)c3c2)cc1. The first-order valence-corrected chi connectivity index (χ1v) is 26.2. The predicted octanol–water partition coefficient (Wildman–Crippen LogP) is 14.0. The third-order valence-electron chi connectivity index (χ3n) is 14.8. The minimum Gasteiger partial charge on any atom is -0.309 e. The van der Waals surface area contributed by atoms with Crippen LogP contribution >= 0.6 is 0 Å². The van der Waals surface area contributed by atoms with E-state index in [1.54, 1.807) is 0 Å². The molecule has 0 radical (unpaired) electrons. The van der Waals surface area contributed by atoms with Crippen LogP contribution in [0.15, 0.2) is 273 Å². The summed E-state index contributed by atoms with van der Waals surface area (Å²) in [6.07, 6.45) is 0. The van der Waals surface area contributed by atoms with Gasteiger partial charge in [-0.25, -0.2) is 0 Å². The Labute approximate surface area is 407 Å². The molecule has 0 amide bonds. The monoisotopic (exact) mass is 907 g/mol. The topological polar surface area (TPSA) is 14.8 Å². The van der Waals surface area contributed by atoms with Gasteiger partial charge >= 0.3 is 0 Å². The molecule has 0 fully saturated rings. The highest BCUT2D eigenvalue weighted by Gasteiger charge is 2.41. The van der Waals surface area contributed by atoms with Crippen LogP contribution in [0.4, 0.5) is 0 Å². The lowest BCUT2D eigenvalue weighted by molar-refractivity contribution is 1.15. The molecule has 0 aliphatic carbocycles. The molecule has 0 atom stereocenters. The summed E-state index contributed by atoms with van der Waals surface area (Å²) in [5, 5.41) is 12.9. The van der Waals surface area contributed by atoms with Crippen molar-refractivity contribution < 1.29 is 0 Å². The van der Waals surface area contributed by atoms with Crippen molar-refractivity contribution in [1.82, 2.24) is 13.7 Å². The summed E-state index contributed by atoms with van der Waals surface area (Å²) in [4.78, 5) is 0. The lowest BCUT2D eigenvalue weighted by Crippen LogP contribution is -2.74. The Bertz CT molecular complexity index is 4170. The smallest absolute Gasteiger partial charge is 0.179 e. The van der Waals surface area contributed by atoms with E-state index < -0.39 is 8.07 Å². The van der Waals surface area contributed by atoms with E-state index in [0.29, 0.717) is 0 Å². The van der Waals surface area contributed by atoms with Gasteiger partial charge < -0.3 is 13.7 Å². The van der Waals surface area contributed by atoms with Gasteiger partial charge in [0, 0.05) is 49.4 Å². The Balaban J connectivity index is 0.936. The molecule has 328 valence electrons. The van der Waals surface area contributed by atoms with Crippen molar-refractivity contribution in [1.29, 1.82) is 0 Å². The van der Waals surface area contributed by atoms with Gasteiger partial charge in [-0.15, -0.1) is 0 Å². The van der Waals surface area contributed by atoms with Gasteiger partial charge in [-0.05, 0) is 105 Å². The maximum absolute atomic E-state index is 2.69. The van der Waals surface area contributed by atoms with E-state index in [1.807, 2.05) is 0 Å². The Morgan fingerprint density at radius 1 is 0.200 bits per heavy atom. The van der Waals surface area contributed by atoms with Crippen molar-refractivity contribution in [3.63, 3.8) is 0 Å². The second-order valence-electron chi connectivity index (χ2n) is 18.5. The predicted molar refractivity (Wildman–Crippen MR) is 299 cm³/mol. The van der Waals surface area contributed by atoms with Gasteiger partial charge in [0.15, 0.2) is 8.07 Å². The van der Waals surface area contributed by atoms with E-state index >= 15 is 0 Å². The molecule has 3 heterocycles. The van der Waals surface area contributed by atoms with Crippen molar-refractivity contribution in [2.24, 2.45) is 0 Å². The Kier molecular flexibility index (Phi) is 9.23. The highest BCUT2D eigenvalue weighted by molar-refractivity contribution is 7.19. The normalized spacial score (nSPS) is 12.0. The van der Waals surface area contributed by atoms with Crippen LogP contribution in [0.25, 0.3) is 93.6 Å². The average molecular weight is 908 g/mol. The summed E-state index contributed by atoms with van der Waals surface area (Å²) in [6.45, 7) is 0. The number of aromatic nitrogens is 3. The van der Waals surface area contributed by atoms with Crippen molar-refractivity contribution in [3.8, 4) is 28.2 Å². The molecule has 0 N–H and O–H groups in total. The fraction of sp³-hybridized carbons (Fsp3) is 0. The maximum Gasteiger partial charge on any atom is 0.179 e. The first-order valence-electron chi connectivity index (χ1n) is 24.2. The van der Waals surface area contributed by atoms with Crippen LogP contribution < -0.4 is 20.7 Å². The summed E-state index contributed by atoms with van der Waals surface area (Å²) in [7, 11) is -2.69. The lowest BCUT2D eigenvalue weighted by atomic mass is 10.0. The molecule has 0 spiro atoms. The van der Waals surface area contributed by atoms with Crippen LogP contribution in [0.1, 0.15) is 0 Å². The maximum atomic E-state index is 2.46. The summed E-state index contributed by atoms with van der Waals surface area (Å²) < 4.78 is 7.36. The van der Waals surface area contributed by atoms with Crippen molar-refractivity contribution in [3.05, 3.63) is 273 Å². The van der Waals surface area contributed by atoms with Crippen LogP contribution in [-0.2, 0) is 0 Å². The van der Waals surface area contributed by atoms with Crippen LogP contribution in [0, 0.1) is 0 Å². The number of para-hydroxylation sites is 3. The van der Waals surface area contributed by atoms with Gasteiger partial charge in [-0.3, -0.25) is 0 Å². The van der Waals surface area contributed by atoms with E-state index in [4.69, 9.17) is 0 Å². The van der Waals surface area contributed by atoms with Gasteiger partial charge in [0.05, 0.1) is 33.1 Å². The number of fused-ring (bicyclic) bond motifs is 9. The fourth-order valence-electron chi connectivity index (χ4n) is 11.7. The van der Waals surface area contributed by atoms with E-state index in [9.17, 15) is 0 Å². The Morgan fingerprint density at radius 2 is 0.557 bits per heavy atom. The lowest BCUT2D eigenvalue weighted by Gasteiger charge is -2.34. The molecule has 4 heteroatoms. The second-order valence-corrected chi connectivity index (χ2v) is 22.3. The fourth-order valence-corrected chi connectivity index (χ4v) is 16.5. The van der Waals surface area contributed by atoms with E-state index in [0.717, 1.165) is 17.1 Å². The molecular weight excluding hydrogens is 863 g/mol. The van der Waals surface area contributed by atoms with Crippen molar-refractivity contribution >= 4 is 94.2 Å². The Hall–Kier alpha value is -8.96. The molecular formula is C66H45N3Si. The minimum atomic E-state index is -2.69. The van der Waals surface area contributed by atoms with E-state index in [-0.39, 0.29) is 0 Å². The molecule has 0 unspecified atom stereocenters. The molecule has 0 saturated heterocycles. The molecule has 0 bridgehead atoms. The van der Waals surface area contributed by atoms with Crippen LogP contribution in [0.2, 0.25) is 0 Å². The summed E-state index contributed by atoms with van der Waals surface area (Å²) >= 11 is 0. The third kappa shape index (κ3) is 6.07. The zero-order valence-corrected chi connectivity index (χ0v) is 39.3. The van der Waals surface area contributed by atoms with Crippen LogP contribution in [0.5, 0.6) is 0 Å². The number of hydrogen-bond acceptors (Lipinski definition) is 0. The highest BCUT2D eigenvalue weighted by Crippen LogP contribution is 2.40. The minimum absolute atomic E-state index is 1.13. The van der Waals surface area contributed by atoms with Crippen LogP contribution in [0.3, 0.4) is 0 Å². The average Bonchev–Trinajstić information content (AvgIpc) is 4.07. The molecule has 11 aromatic carbocycles. The van der Waals surface area contributed by atoms with Gasteiger partial charge in [0.2, 0.25) is 0 Å². The van der Waals surface area contributed by atoms with Gasteiger partial charge in [0.1, 0.15) is 0 Å². The number of benzene rings is 11. The van der Waals surface area contributed by atoms with Crippen molar-refractivity contribution in [2.75, 3.05) is 0 Å². The van der Waals surface area contributed by atoms with Crippen LogP contribution in [-0.4, -0.2) is 21.8 Å². The largest absolute Gasteiger partial charge is 0.309 e. The molecule has 14 aromatic rings. The molecule has 3 nitrogen and oxygen atoms in total. The Morgan fingerprint density at radius 3 is 1.10 bits per heavy atom. The zero-order valence-electron chi connectivity index (χ0n) is 38.3. The quantitative estimate of drug-likeness (QED) is 0.107. The number of hydrogen-bond donors (Lipinski definition) is 0. The summed E-state index contributed by atoms with van der Waals surface area (Å²) in [5.41, 5.74) is 13.0. The molecule has 14 rings (SSSR count). The summed E-state index contributed by atoms with van der Waals surface area (Å²) in [6, 6.07) is 101. The zero-order chi connectivity index (χ0) is 46.2. The van der Waals surface area contributed by atoms with Gasteiger partial charge in [-0.1, -0.05) is 200 Å². The number of nitrogens with zero attached hydrogens (tertiary/aromatic N) is 3. The first-order chi connectivity index (χ1) is 34.7. The number of rotatable bonds is 8. The van der Waals surface area contributed by atoms with Gasteiger partial charge in [0.25, 0.3) is 0 Å². The molecule has 0 aliphatic rings. The molecule has 0 saturated carbocycles. The van der Waals surface area contributed by atoms with E-state index in [1.165, 1.54) is 97.3 Å². The molecule has 3 aromatic heterocycles. The second kappa shape index (κ2) is 16.1.